The second-order valence-corrected chi connectivity index (χ2v) is 4.94. The molecule has 0 bridgehead atoms. The van der Waals surface area contributed by atoms with Gasteiger partial charge in [0.05, 0.1) is 11.8 Å². The van der Waals surface area contributed by atoms with E-state index in [1.807, 2.05) is 12.2 Å². The molecule has 1 aliphatic carbocycles. The van der Waals surface area contributed by atoms with E-state index in [-0.39, 0.29) is 23.7 Å². The van der Waals surface area contributed by atoms with E-state index in [4.69, 9.17) is 11.6 Å². The minimum absolute atomic E-state index is 0.122. The second kappa shape index (κ2) is 3.81. The number of hydrogen-bond acceptors (Lipinski definition) is 3. The van der Waals surface area contributed by atoms with Gasteiger partial charge in [0, 0.05) is 17.7 Å². The van der Waals surface area contributed by atoms with E-state index < -0.39 is 0 Å². The third-order valence-corrected chi connectivity index (χ3v) is 3.77. The Morgan fingerprint density at radius 2 is 2.06 bits per heavy atom. The second-order valence-electron chi connectivity index (χ2n) is 4.45. The van der Waals surface area contributed by atoms with Crippen molar-refractivity contribution in [1.82, 2.24) is 4.90 Å². The van der Waals surface area contributed by atoms with E-state index in [1.165, 1.54) is 4.90 Å². The summed E-state index contributed by atoms with van der Waals surface area (Å²) in [6.07, 6.45) is 6.90. The molecule has 0 aromatic heterocycles. The van der Waals surface area contributed by atoms with Crippen LogP contribution in [0.5, 0.6) is 0 Å². The molecule has 5 heteroatoms. The topological polar surface area (TPSA) is 49.7 Å². The largest absolute Gasteiger partial charge is 0.274 e. The number of rotatable bonds is 0. The Balaban J connectivity index is 1.91. The molecule has 2 unspecified atom stereocenters. The number of carbonyl (C=O) groups excluding carboxylic acids is 2. The fourth-order valence-electron chi connectivity index (χ4n) is 2.58. The third-order valence-electron chi connectivity index (χ3n) is 3.46. The van der Waals surface area contributed by atoms with Gasteiger partial charge in [0.1, 0.15) is 5.84 Å². The fraction of sp³-hybridized carbons (Fsp3) is 0.417. The molecule has 0 aromatic rings. The van der Waals surface area contributed by atoms with Crippen LogP contribution in [0.2, 0.25) is 0 Å². The molecule has 2 heterocycles. The predicted molar refractivity (Wildman–Crippen MR) is 63.2 cm³/mol. The van der Waals surface area contributed by atoms with E-state index in [0.29, 0.717) is 30.1 Å². The van der Waals surface area contributed by atoms with Gasteiger partial charge in [-0.25, -0.2) is 9.89 Å². The number of halogens is 1. The van der Waals surface area contributed by atoms with Gasteiger partial charge in [-0.05, 0) is 12.8 Å². The number of amidine groups is 1. The number of imide groups is 1. The normalized spacial score (nSPS) is 31.7. The van der Waals surface area contributed by atoms with Crippen molar-refractivity contribution in [2.24, 2.45) is 16.8 Å². The van der Waals surface area contributed by atoms with Gasteiger partial charge in [-0.15, -0.1) is 0 Å². The van der Waals surface area contributed by atoms with Crippen molar-refractivity contribution in [3.05, 3.63) is 23.4 Å². The van der Waals surface area contributed by atoms with Crippen molar-refractivity contribution in [3.8, 4) is 0 Å². The van der Waals surface area contributed by atoms with Crippen molar-refractivity contribution in [1.29, 1.82) is 0 Å². The first kappa shape index (κ1) is 10.7. The molecule has 4 nitrogen and oxygen atoms in total. The SMILES string of the molecule is O=C1C2CC=C(Cl)CC2C(=O)N1C1=NC=CC1. The molecule has 17 heavy (non-hydrogen) atoms. The molecule has 0 radical (unpaired) electrons. The number of likely N-dealkylation sites (tertiary alicyclic amines) is 1. The zero-order valence-corrected chi connectivity index (χ0v) is 9.85. The van der Waals surface area contributed by atoms with Gasteiger partial charge in [-0.2, -0.15) is 0 Å². The highest BCUT2D eigenvalue weighted by Gasteiger charge is 2.49. The van der Waals surface area contributed by atoms with Gasteiger partial charge in [0.2, 0.25) is 11.8 Å². The predicted octanol–water partition coefficient (Wildman–Crippen LogP) is 1.82. The summed E-state index contributed by atoms with van der Waals surface area (Å²) < 4.78 is 0. The van der Waals surface area contributed by atoms with Crippen molar-refractivity contribution in [2.45, 2.75) is 19.3 Å². The average Bonchev–Trinajstić information content (AvgIpc) is 2.88. The Labute approximate surface area is 104 Å². The van der Waals surface area contributed by atoms with Crippen molar-refractivity contribution in [2.75, 3.05) is 0 Å². The maximum absolute atomic E-state index is 12.2. The van der Waals surface area contributed by atoms with E-state index in [1.54, 1.807) is 6.20 Å². The molecule has 2 aliphatic heterocycles. The molecule has 3 rings (SSSR count). The first-order chi connectivity index (χ1) is 8.18. The lowest BCUT2D eigenvalue weighted by Crippen LogP contribution is -2.36. The molecule has 0 saturated carbocycles. The zero-order valence-electron chi connectivity index (χ0n) is 9.10. The van der Waals surface area contributed by atoms with Gasteiger partial charge in [0.15, 0.2) is 0 Å². The molecule has 1 fully saturated rings. The number of nitrogens with zero attached hydrogens (tertiary/aromatic N) is 2. The summed E-state index contributed by atoms with van der Waals surface area (Å²) in [6.45, 7) is 0. The molecule has 1 saturated heterocycles. The lowest BCUT2D eigenvalue weighted by Gasteiger charge is -2.17. The quantitative estimate of drug-likeness (QED) is 0.616. The smallest absolute Gasteiger partial charge is 0.239 e. The Hall–Kier alpha value is -1.42. The molecule has 0 spiro atoms. The summed E-state index contributed by atoms with van der Waals surface area (Å²) in [5, 5.41) is 0.681. The first-order valence-corrected chi connectivity index (χ1v) is 6.00. The summed E-state index contributed by atoms with van der Waals surface area (Å²) in [6, 6.07) is 0. The van der Waals surface area contributed by atoms with Crippen molar-refractivity contribution >= 4 is 29.3 Å². The highest BCUT2D eigenvalue weighted by molar-refractivity contribution is 6.30. The van der Waals surface area contributed by atoms with Crippen LogP contribution in [-0.4, -0.2) is 22.5 Å². The maximum Gasteiger partial charge on any atom is 0.239 e. The highest BCUT2D eigenvalue weighted by atomic mass is 35.5. The fourth-order valence-corrected chi connectivity index (χ4v) is 2.84. The number of aliphatic imine (C=N–C) groups is 1. The highest BCUT2D eigenvalue weighted by Crippen LogP contribution is 2.39. The minimum atomic E-state index is -0.289. The monoisotopic (exact) mass is 250 g/mol. The summed E-state index contributed by atoms with van der Waals surface area (Å²) in [5.41, 5.74) is 0. The van der Waals surface area contributed by atoms with Crippen LogP contribution in [0, 0.1) is 11.8 Å². The molecule has 2 atom stereocenters. The van der Waals surface area contributed by atoms with Crippen LogP contribution in [0.25, 0.3) is 0 Å². The van der Waals surface area contributed by atoms with Crippen LogP contribution < -0.4 is 0 Å². The van der Waals surface area contributed by atoms with Crippen LogP contribution in [0.4, 0.5) is 0 Å². The van der Waals surface area contributed by atoms with Gasteiger partial charge < -0.3 is 0 Å². The molecule has 88 valence electrons. The third kappa shape index (κ3) is 1.55. The Bertz CT molecular complexity index is 493. The average molecular weight is 251 g/mol. The Morgan fingerprint density at radius 3 is 2.76 bits per heavy atom. The number of fused-ring (bicyclic) bond motifs is 1. The van der Waals surface area contributed by atoms with E-state index >= 15 is 0 Å². The maximum atomic E-state index is 12.2. The molecular weight excluding hydrogens is 240 g/mol. The van der Waals surface area contributed by atoms with Gasteiger partial charge >= 0.3 is 0 Å². The molecule has 0 N–H and O–H groups in total. The van der Waals surface area contributed by atoms with E-state index in [2.05, 4.69) is 4.99 Å². The molecular formula is C12H11ClN2O2. The van der Waals surface area contributed by atoms with Crippen molar-refractivity contribution in [3.63, 3.8) is 0 Å². The Kier molecular flexibility index (Phi) is 2.40. The number of amides is 2. The van der Waals surface area contributed by atoms with Crippen LogP contribution >= 0.6 is 11.6 Å². The summed E-state index contributed by atoms with van der Waals surface area (Å²) in [5.74, 6) is -0.251. The van der Waals surface area contributed by atoms with Crippen molar-refractivity contribution < 1.29 is 9.59 Å². The van der Waals surface area contributed by atoms with E-state index in [0.717, 1.165) is 0 Å². The van der Waals surface area contributed by atoms with Gasteiger partial charge in [-0.3, -0.25) is 9.59 Å². The van der Waals surface area contributed by atoms with Crippen LogP contribution in [0.3, 0.4) is 0 Å². The Morgan fingerprint density at radius 1 is 1.29 bits per heavy atom. The summed E-state index contributed by atoms with van der Waals surface area (Å²) in [4.78, 5) is 29.7. The van der Waals surface area contributed by atoms with Crippen LogP contribution in [0.15, 0.2) is 28.4 Å². The lowest BCUT2D eigenvalue weighted by molar-refractivity contribution is -0.135. The number of carbonyl (C=O) groups is 2. The molecule has 2 amide bonds. The van der Waals surface area contributed by atoms with Crippen LogP contribution in [-0.2, 0) is 9.59 Å². The van der Waals surface area contributed by atoms with Crippen LogP contribution in [0.1, 0.15) is 19.3 Å². The van der Waals surface area contributed by atoms with E-state index in [9.17, 15) is 9.59 Å². The van der Waals surface area contributed by atoms with Gasteiger partial charge in [0.25, 0.3) is 0 Å². The van der Waals surface area contributed by atoms with Gasteiger partial charge in [-0.1, -0.05) is 23.8 Å². The minimum Gasteiger partial charge on any atom is -0.274 e. The standard InChI is InChI=1S/C12H11ClN2O2/c13-7-3-4-8-9(6-7)12(17)15(11(8)16)10-2-1-5-14-10/h1,3,5,8-9H,2,4,6H2. The summed E-state index contributed by atoms with van der Waals surface area (Å²) >= 11 is 5.94. The lowest BCUT2D eigenvalue weighted by atomic mass is 9.85. The molecule has 3 aliphatic rings. The molecule has 0 aromatic carbocycles. The summed E-state index contributed by atoms with van der Waals surface area (Å²) in [7, 11) is 0. The zero-order chi connectivity index (χ0) is 12.0. The number of hydrogen-bond donors (Lipinski definition) is 0. The first-order valence-electron chi connectivity index (χ1n) is 5.62. The number of allylic oxidation sites excluding steroid dienone is 2.